The van der Waals surface area contributed by atoms with Gasteiger partial charge < -0.3 is 19.9 Å². The number of esters is 1. The van der Waals surface area contributed by atoms with Crippen LogP contribution in [-0.4, -0.2) is 54.2 Å². The van der Waals surface area contributed by atoms with Gasteiger partial charge in [-0.3, -0.25) is 14.5 Å². The maximum Gasteiger partial charge on any atom is 0.341 e. The molecule has 2 aromatic carbocycles. The van der Waals surface area contributed by atoms with E-state index in [1.165, 1.54) is 11.3 Å². The van der Waals surface area contributed by atoms with Crippen molar-refractivity contribution in [3.63, 3.8) is 0 Å². The van der Waals surface area contributed by atoms with E-state index in [-0.39, 0.29) is 18.4 Å². The van der Waals surface area contributed by atoms with Crippen LogP contribution < -0.4 is 10.1 Å². The molecule has 3 aromatic rings. The van der Waals surface area contributed by atoms with E-state index in [4.69, 9.17) is 14.6 Å². The summed E-state index contributed by atoms with van der Waals surface area (Å²) >= 11 is 1.27. The number of benzene rings is 2. The number of hydrogen-bond donors (Lipinski definition) is 2. The molecule has 1 aliphatic heterocycles. The minimum atomic E-state index is -0.764. The maximum atomic E-state index is 13.0. The molecular weight excluding hydrogens is 492 g/mol. The van der Waals surface area contributed by atoms with Crippen molar-refractivity contribution in [1.29, 1.82) is 0 Å². The standard InChI is InChI=1S/C28H30N2O6S/c1-3-13-36-22-11-9-19(10-12-22)23-17-37-26(24(23)28(34)35-4-2)29-25(31)20-7-5-18(6-8-20)14-30-15-21(16-30)27(32)33/h5-12,17,21H,3-4,13-16H2,1-2H3,(H,29,31)(H,32,33). The van der Waals surface area contributed by atoms with Crippen LogP contribution in [0.5, 0.6) is 5.75 Å². The Kier molecular flexibility index (Phi) is 8.58. The molecule has 8 nitrogen and oxygen atoms in total. The molecule has 194 valence electrons. The fraction of sp³-hybridized carbons (Fsp3) is 0.321. The van der Waals surface area contributed by atoms with Gasteiger partial charge in [0.2, 0.25) is 0 Å². The smallest absolute Gasteiger partial charge is 0.341 e. The number of nitrogens with one attached hydrogen (secondary N) is 1. The highest BCUT2D eigenvalue weighted by Crippen LogP contribution is 2.37. The number of anilines is 1. The lowest BCUT2D eigenvalue weighted by Crippen LogP contribution is -2.49. The van der Waals surface area contributed by atoms with E-state index >= 15 is 0 Å². The molecule has 0 bridgehead atoms. The summed E-state index contributed by atoms with van der Waals surface area (Å²) in [4.78, 5) is 38.9. The Bertz CT molecular complexity index is 1250. The normalized spacial score (nSPS) is 13.6. The predicted molar refractivity (Wildman–Crippen MR) is 142 cm³/mol. The van der Waals surface area contributed by atoms with Crippen molar-refractivity contribution in [2.24, 2.45) is 5.92 Å². The van der Waals surface area contributed by atoms with Crippen LogP contribution in [-0.2, 0) is 16.1 Å². The van der Waals surface area contributed by atoms with E-state index in [1.807, 2.05) is 48.7 Å². The number of carboxylic acids is 1. The second kappa shape index (κ2) is 12.0. The van der Waals surface area contributed by atoms with Crippen LogP contribution in [0, 0.1) is 5.92 Å². The summed E-state index contributed by atoms with van der Waals surface area (Å²) < 4.78 is 10.9. The third kappa shape index (κ3) is 6.36. The number of carbonyl (C=O) groups is 3. The second-order valence-electron chi connectivity index (χ2n) is 8.83. The lowest BCUT2D eigenvalue weighted by molar-refractivity contribution is -0.147. The monoisotopic (exact) mass is 522 g/mol. The van der Waals surface area contributed by atoms with Crippen molar-refractivity contribution in [3.8, 4) is 16.9 Å². The van der Waals surface area contributed by atoms with Crippen LogP contribution >= 0.6 is 11.3 Å². The number of amides is 1. The zero-order chi connectivity index (χ0) is 26.4. The zero-order valence-electron chi connectivity index (χ0n) is 20.9. The number of nitrogens with zero attached hydrogens (tertiary/aromatic N) is 1. The first-order chi connectivity index (χ1) is 17.9. The number of aliphatic carboxylic acids is 1. The molecule has 0 saturated carbocycles. The topological polar surface area (TPSA) is 105 Å². The largest absolute Gasteiger partial charge is 0.494 e. The highest BCUT2D eigenvalue weighted by atomic mass is 32.1. The first-order valence-corrected chi connectivity index (χ1v) is 13.1. The Morgan fingerprint density at radius 1 is 1.05 bits per heavy atom. The second-order valence-corrected chi connectivity index (χ2v) is 9.71. The molecule has 1 aromatic heterocycles. The van der Waals surface area contributed by atoms with Crippen molar-refractivity contribution < 1.29 is 29.0 Å². The Balaban J connectivity index is 1.47. The average Bonchev–Trinajstić information content (AvgIpc) is 3.28. The molecule has 0 spiro atoms. The van der Waals surface area contributed by atoms with Crippen molar-refractivity contribution in [1.82, 2.24) is 4.90 Å². The van der Waals surface area contributed by atoms with Gasteiger partial charge in [-0.15, -0.1) is 11.3 Å². The zero-order valence-corrected chi connectivity index (χ0v) is 21.7. The van der Waals surface area contributed by atoms with Gasteiger partial charge in [0, 0.05) is 36.1 Å². The third-order valence-electron chi connectivity index (χ3n) is 6.06. The fourth-order valence-corrected chi connectivity index (χ4v) is 5.02. The van der Waals surface area contributed by atoms with Gasteiger partial charge in [-0.25, -0.2) is 4.79 Å². The summed E-state index contributed by atoms with van der Waals surface area (Å²) in [6.07, 6.45) is 0.913. The number of likely N-dealkylation sites (tertiary alicyclic amines) is 1. The molecular formula is C28H30N2O6S. The van der Waals surface area contributed by atoms with E-state index in [1.54, 1.807) is 19.1 Å². The number of thiophene rings is 1. The van der Waals surface area contributed by atoms with E-state index in [9.17, 15) is 14.4 Å². The lowest BCUT2D eigenvalue weighted by atomic mass is 9.99. The predicted octanol–water partition coefficient (Wildman–Crippen LogP) is 5.15. The SMILES string of the molecule is CCCOc1ccc(-c2csc(NC(=O)c3ccc(CN4CC(C(=O)O)C4)cc3)c2C(=O)OCC)cc1. The summed E-state index contributed by atoms with van der Waals surface area (Å²) in [5, 5.41) is 14.2. The molecule has 0 unspecified atom stereocenters. The molecule has 0 atom stereocenters. The average molecular weight is 523 g/mol. The van der Waals surface area contributed by atoms with E-state index in [0.717, 1.165) is 23.3 Å². The third-order valence-corrected chi connectivity index (χ3v) is 6.96. The van der Waals surface area contributed by atoms with Crippen molar-refractivity contribution in [2.75, 3.05) is 31.6 Å². The first-order valence-electron chi connectivity index (χ1n) is 12.3. The van der Waals surface area contributed by atoms with Crippen molar-refractivity contribution in [2.45, 2.75) is 26.8 Å². The fourth-order valence-electron chi connectivity index (χ4n) is 4.07. The minimum Gasteiger partial charge on any atom is -0.494 e. The van der Waals surface area contributed by atoms with Gasteiger partial charge in [-0.2, -0.15) is 0 Å². The van der Waals surface area contributed by atoms with Gasteiger partial charge in [0.05, 0.1) is 19.1 Å². The van der Waals surface area contributed by atoms with Crippen LogP contribution in [0.15, 0.2) is 53.9 Å². The molecule has 0 radical (unpaired) electrons. The molecule has 37 heavy (non-hydrogen) atoms. The molecule has 1 aliphatic rings. The van der Waals surface area contributed by atoms with Gasteiger partial charge in [0.1, 0.15) is 16.3 Å². The molecule has 4 rings (SSSR count). The first kappa shape index (κ1) is 26.4. The van der Waals surface area contributed by atoms with Crippen LogP contribution in [0.4, 0.5) is 5.00 Å². The quantitative estimate of drug-likeness (QED) is 0.336. The molecule has 0 aliphatic carbocycles. The van der Waals surface area contributed by atoms with Gasteiger partial charge in [0.25, 0.3) is 5.91 Å². The highest BCUT2D eigenvalue weighted by molar-refractivity contribution is 7.15. The van der Waals surface area contributed by atoms with Crippen LogP contribution in [0.3, 0.4) is 0 Å². The van der Waals surface area contributed by atoms with Crippen molar-refractivity contribution in [3.05, 3.63) is 70.6 Å². The van der Waals surface area contributed by atoms with Gasteiger partial charge in [0.15, 0.2) is 0 Å². The Labute approximate surface area is 219 Å². The van der Waals surface area contributed by atoms with E-state index < -0.39 is 11.9 Å². The Hall–Kier alpha value is -3.69. The van der Waals surface area contributed by atoms with Gasteiger partial charge >= 0.3 is 11.9 Å². The number of carbonyl (C=O) groups excluding carboxylic acids is 2. The Morgan fingerprint density at radius 2 is 1.76 bits per heavy atom. The summed E-state index contributed by atoms with van der Waals surface area (Å²) in [7, 11) is 0. The van der Waals surface area contributed by atoms with Crippen LogP contribution in [0.1, 0.15) is 46.5 Å². The number of hydrogen-bond acceptors (Lipinski definition) is 7. The molecule has 2 N–H and O–H groups in total. The summed E-state index contributed by atoms with van der Waals surface area (Å²) in [6, 6.07) is 14.7. The molecule has 1 fully saturated rings. The number of rotatable bonds is 11. The molecule has 2 heterocycles. The summed E-state index contributed by atoms with van der Waals surface area (Å²) in [5.41, 5.74) is 3.29. The number of carboxylic acid groups (broad SMARTS) is 1. The van der Waals surface area contributed by atoms with Gasteiger partial charge in [-0.05, 0) is 48.7 Å². The molecule has 1 saturated heterocycles. The van der Waals surface area contributed by atoms with Crippen LogP contribution in [0.2, 0.25) is 0 Å². The van der Waals surface area contributed by atoms with Crippen molar-refractivity contribution >= 4 is 34.2 Å². The lowest BCUT2D eigenvalue weighted by Gasteiger charge is -2.36. The van der Waals surface area contributed by atoms with E-state index in [0.29, 0.717) is 47.9 Å². The molecule has 9 heteroatoms. The van der Waals surface area contributed by atoms with Gasteiger partial charge in [-0.1, -0.05) is 31.2 Å². The maximum absolute atomic E-state index is 13.0. The minimum absolute atomic E-state index is 0.219. The molecule has 1 amide bonds. The Morgan fingerprint density at radius 3 is 2.38 bits per heavy atom. The summed E-state index contributed by atoms with van der Waals surface area (Å²) in [6.45, 7) is 6.33. The summed E-state index contributed by atoms with van der Waals surface area (Å²) in [5.74, 6) is -1.14. The highest BCUT2D eigenvalue weighted by Gasteiger charge is 2.32. The number of ether oxygens (including phenoxy) is 2. The van der Waals surface area contributed by atoms with E-state index in [2.05, 4.69) is 10.2 Å². The van der Waals surface area contributed by atoms with Crippen LogP contribution in [0.25, 0.3) is 11.1 Å².